The molecule has 0 bridgehead atoms. The van der Waals surface area contributed by atoms with Crippen LogP contribution < -0.4 is 9.47 Å². The summed E-state index contributed by atoms with van der Waals surface area (Å²) in [5.74, 6) is -1.02. The molecule has 0 fully saturated rings. The molecule has 0 aromatic heterocycles. The van der Waals surface area contributed by atoms with Crippen LogP contribution in [-0.2, 0) is 11.3 Å². The molecule has 5 heteroatoms. The molecule has 23 heavy (non-hydrogen) atoms. The van der Waals surface area contributed by atoms with Gasteiger partial charge in [-0.3, -0.25) is 0 Å². The van der Waals surface area contributed by atoms with Crippen molar-refractivity contribution in [1.82, 2.24) is 0 Å². The Balaban J connectivity index is 1.97. The molecule has 2 aromatic rings. The number of carbonyl (C=O) groups is 1. The highest BCUT2D eigenvalue weighted by molar-refractivity contribution is 5.97. The Morgan fingerprint density at radius 1 is 1.17 bits per heavy atom. The third kappa shape index (κ3) is 3.11. The van der Waals surface area contributed by atoms with E-state index in [4.69, 9.17) is 19.5 Å². The van der Waals surface area contributed by atoms with Crippen molar-refractivity contribution in [2.24, 2.45) is 0 Å². The number of nitrogens with zero attached hydrogens (tertiary/aromatic N) is 1. The molecule has 1 aliphatic heterocycles. The van der Waals surface area contributed by atoms with Gasteiger partial charge in [-0.15, -0.1) is 0 Å². The molecule has 1 aliphatic rings. The van der Waals surface area contributed by atoms with Crippen LogP contribution in [0, 0.1) is 11.3 Å². The highest BCUT2D eigenvalue weighted by Gasteiger charge is 2.36. The zero-order chi connectivity index (χ0) is 16.4. The summed E-state index contributed by atoms with van der Waals surface area (Å²) in [6.45, 7) is 3.55. The van der Waals surface area contributed by atoms with Crippen LogP contribution in [0.25, 0.3) is 0 Å². The van der Waals surface area contributed by atoms with Crippen LogP contribution in [0.2, 0.25) is 0 Å². The van der Waals surface area contributed by atoms with Crippen LogP contribution in [0.1, 0.15) is 35.3 Å². The summed E-state index contributed by atoms with van der Waals surface area (Å²) in [4.78, 5) is 12.3. The van der Waals surface area contributed by atoms with Gasteiger partial charge < -0.3 is 14.2 Å². The zero-order valence-corrected chi connectivity index (χ0v) is 12.8. The second kappa shape index (κ2) is 5.65. The maximum Gasteiger partial charge on any atom is 0.349 e. The highest BCUT2D eigenvalue weighted by atomic mass is 16.7. The van der Waals surface area contributed by atoms with Crippen molar-refractivity contribution in [3.05, 3.63) is 59.2 Å². The van der Waals surface area contributed by atoms with E-state index >= 15 is 0 Å². The van der Waals surface area contributed by atoms with Gasteiger partial charge in [-0.1, -0.05) is 30.3 Å². The predicted octanol–water partition coefficient (Wildman–Crippen LogP) is 3.42. The van der Waals surface area contributed by atoms with Crippen LogP contribution in [0.4, 0.5) is 0 Å². The molecule has 0 amide bonds. The highest BCUT2D eigenvalue weighted by Crippen LogP contribution is 2.38. The first-order valence-electron chi connectivity index (χ1n) is 7.16. The van der Waals surface area contributed by atoms with Crippen molar-refractivity contribution in [3.63, 3.8) is 0 Å². The van der Waals surface area contributed by atoms with E-state index in [0.29, 0.717) is 11.3 Å². The molecule has 0 atom stereocenters. The van der Waals surface area contributed by atoms with Crippen LogP contribution in [0.5, 0.6) is 11.5 Å². The molecule has 0 unspecified atom stereocenters. The largest absolute Gasteiger partial charge is 0.488 e. The third-order valence-electron chi connectivity index (χ3n) is 3.33. The van der Waals surface area contributed by atoms with E-state index in [1.54, 1.807) is 13.8 Å². The fraction of sp³-hybridized carbons (Fsp3) is 0.222. The number of ether oxygens (including phenoxy) is 3. The molecular weight excluding hydrogens is 294 g/mol. The van der Waals surface area contributed by atoms with Crippen molar-refractivity contribution >= 4 is 5.97 Å². The average Bonchev–Trinajstić information content (AvgIpc) is 2.51. The van der Waals surface area contributed by atoms with Gasteiger partial charge in [0.2, 0.25) is 5.79 Å². The SMILES string of the molecule is CC1(C)OC(=O)c2c(OCc3ccccc3)cc(C#N)cc2O1. The molecule has 1 heterocycles. The lowest BCUT2D eigenvalue weighted by molar-refractivity contribution is -0.127. The molecule has 0 saturated carbocycles. The van der Waals surface area contributed by atoms with Crippen molar-refractivity contribution < 1.29 is 19.0 Å². The topological polar surface area (TPSA) is 68.5 Å². The van der Waals surface area contributed by atoms with E-state index in [9.17, 15) is 4.79 Å². The van der Waals surface area contributed by atoms with Gasteiger partial charge in [0.25, 0.3) is 0 Å². The summed E-state index contributed by atoms with van der Waals surface area (Å²) in [5.41, 5.74) is 1.52. The van der Waals surface area contributed by atoms with E-state index in [2.05, 4.69) is 0 Å². The number of benzene rings is 2. The number of rotatable bonds is 3. The summed E-state index contributed by atoms with van der Waals surface area (Å²) in [5, 5.41) is 9.17. The maximum atomic E-state index is 12.3. The van der Waals surface area contributed by atoms with Crippen molar-refractivity contribution in [3.8, 4) is 17.6 Å². The summed E-state index contributed by atoms with van der Waals surface area (Å²) >= 11 is 0. The molecule has 0 spiro atoms. The minimum atomic E-state index is -1.07. The quantitative estimate of drug-likeness (QED) is 0.813. The molecule has 0 radical (unpaired) electrons. The summed E-state index contributed by atoms with van der Waals surface area (Å²) in [6, 6.07) is 14.6. The molecule has 2 aromatic carbocycles. The third-order valence-corrected chi connectivity index (χ3v) is 3.33. The molecule has 116 valence electrons. The van der Waals surface area contributed by atoms with E-state index in [1.165, 1.54) is 12.1 Å². The molecule has 5 nitrogen and oxygen atoms in total. The first-order valence-corrected chi connectivity index (χ1v) is 7.16. The predicted molar refractivity (Wildman–Crippen MR) is 82.1 cm³/mol. The number of nitriles is 1. The van der Waals surface area contributed by atoms with E-state index < -0.39 is 11.8 Å². The summed E-state index contributed by atoms with van der Waals surface area (Å²) in [7, 11) is 0. The van der Waals surface area contributed by atoms with Crippen molar-refractivity contribution in [2.75, 3.05) is 0 Å². The van der Waals surface area contributed by atoms with Crippen molar-refractivity contribution in [2.45, 2.75) is 26.2 Å². The van der Waals surface area contributed by atoms with Gasteiger partial charge in [0.15, 0.2) is 0 Å². The summed E-state index contributed by atoms with van der Waals surface area (Å²) in [6.07, 6.45) is 0. The molecule has 0 N–H and O–H groups in total. The maximum absolute atomic E-state index is 12.3. The minimum Gasteiger partial charge on any atom is -0.488 e. The lowest BCUT2D eigenvalue weighted by atomic mass is 10.1. The Morgan fingerprint density at radius 2 is 1.91 bits per heavy atom. The van der Waals surface area contributed by atoms with Gasteiger partial charge in [0.1, 0.15) is 23.7 Å². The van der Waals surface area contributed by atoms with Crippen LogP contribution in [0.15, 0.2) is 42.5 Å². The Hall–Kier alpha value is -3.00. The Bertz CT molecular complexity index is 791. The monoisotopic (exact) mass is 309 g/mol. The number of carbonyl (C=O) groups excluding carboxylic acids is 1. The van der Waals surface area contributed by atoms with Gasteiger partial charge in [0, 0.05) is 13.8 Å². The standard InChI is InChI=1S/C18H15NO4/c1-18(2)22-15-9-13(10-19)8-14(16(15)17(20)23-18)21-11-12-6-4-3-5-7-12/h3-9H,11H2,1-2H3. The molecule has 0 aliphatic carbocycles. The number of hydrogen-bond donors (Lipinski definition) is 0. The van der Waals surface area contributed by atoms with E-state index in [-0.39, 0.29) is 17.9 Å². The lowest BCUT2D eigenvalue weighted by Crippen LogP contribution is -2.39. The van der Waals surface area contributed by atoms with E-state index in [1.807, 2.05) is 36.4 Å². The molecule has 0 saturated heterocycles. The van der Waals surface area contributed by atoms with Gasteiger partial charge in [0.05, 0.1) is 11.6 Å². The Labute approximate surface area is 134 Å². The zero-order valence-electron chi connectivity index (χ0n) is 12.8. The molecule has 3 rings (SSSR count). The number of fused-ring (bicyclic) bond motifs is 1. The number of hydrogen-bond acceptors (Lipinski definition) is 5. The van der Waals surface area contributed by atoms with Crippen LogP contribution in [-0.4, -0.2) is 11.8 Å². The minimum absolute atomic E-state index is 0.208. The fourth-order valence-corrected chi connectivity index (χ4v) is 2.35. The lowest BCUT2D eigenvalue weighted by Gasteiger charge is -2.32. The van der Waals surface area contributed by atoms with Gasteiger partial charge in [-0.05, 0) is 17.7 Å². The normalized spacial score (nSPS) is 14.9. The molecular formula is C18H15NO4. The van der Waals surface area contributed by atoms with Crippen LogP contribution >= 0.6 is 0 Å². The Morgan fingerprint density at radius 3 is 2.61 bits per heavy atom. The van der Waals surface area contributed by atoms with Gasteiger partial charge in [-0.2, -0.15) is 5.26 Å². The second-order valence-electron chi connectivity index (χ2n) is 5.63. The first kappa shape index (κ1) is 14.9. The fourth-order valence-electron chi connectivity index (χ4n) is 2.35. The van der Waals surface area contributed by atoms with Crippen molar-refractivity contribution in [1.29, 1.82) is 5.26 Å². The number of esters is 1. The number of cyclic esters (lactones) is 1. The smallest absolute Gasteiger partial charge is 0.349 e. The first-order chi connectivity index (χ1) is 11.0. The summed E-state index contributed by atoms with van der Waals surface area (Å²) < 4.78 is 16.6. The second-order valence-corrected chi connectivity index (χ2v) is 5.63. The van der Waals surface area contributed by atoms with E-state index in [0.717, 1.165) is 5.56 Å². The van der Waals surface area contributed by atoms with Crippen LogP contribution in [0.3, 0.4) is 0 Å². The van der Waals surface area contributed by atoms with Gasteiger partial charge in [-0.25, -0.2) is 4.79 Å². The average molecular weight is 309 g/mol. The van der Waals surface area contributed by atoms with Gasteiger partial charge >= 0.3 is 5.97 Å². The Kier molecular flexibility index (Phi) is 3.67.